The van der Waals surface area contributed by atoms with E-state index >= 15 is 0 Å². The summed E-state index contributed by atoms with van der Waals surface area (Å²) in [6, 6.07) is 26.7. The molecule has 0 unspecified atom stereocenters. The Morgan fingerprint density at radius 3 is 1.16 bits per heavy atom. The van der Waals surface area contributed by atoms with Gasteiger partial charge in [0.1, 0.15) is 0 Å². The third kappa shape index (κ3) is 6.97. The van der Waals surface area contributed by atoms with E-state index in [-0.39, 0.29) is 12.1 Å². The standard InChI is InChI=1S/C36H44N6O2/c1-7-21-41(29-13-9-27(37)10-14-29)35(43)39(5)31-17-19-33(25(3)23-31)34-20-18-32(24-26(34)4)40(6)36(44)42(22-8-2)30-15-11-28(38)12-16-30/h9-20,23-24H,7-8,21-22,37-38H2,1-6H3. The zero-order valence-electron chi connectivity index (χ0n) is 26.7. The molecule has 0 aliphatic rings. The summed E-state index contributed by atoms with van der Waals surface area (Å²) in [5.41, 5.74) is 20.6. The predicted octanol–water partition coefficient (Wildman–Crippen LogP) is 8.08. The molecule has 8 nitrogen and oxygen atoms in total. The van der Waals surface area contributed by atoms with Crippen LogP contribution in [-0.4, -0.2) is 39.2 Å². The number of nitrogens with two attached hydrogens (primary N) is 2. The summed E-state index contributed by atoms with van der Waals surface area (Å²) in [4.78, 5) is 34.1. The maximum Gasteiger partial charge on any atom is 0.328 e. The van der Waals surface area contributed by atoms with E-state index < -0.39 is 0 Å². The first kappa shape index (κ1) is 31.9. The number of hydrogen-bond acceptors (Lipinski definition) is 4. The van der Waals surface area contributed by atoms with Crippen molar-refractivity contribution in [2.24, 2.45) is 0 Å². The van der Waals surface area contributed by atoms with Crippen molar-refractivity contribution in [3.8, 4) is 11.1 Å². The van der Waals surface area contributed by atoms with E-state index in [9.17, 15) is 9.59 Å². The molecule has 0 saturated carbocycles. The number of aryl methyl sites for hydroxylation is 2. The fourth-order valence-corrected chi connectivity index (χ4v) is 5.33. The maximum absolute atomic E-state index is 13.6. The monoisotopic (exact) mass is 592 g/mol. The Hall–Kier alpha value is -4.98. The number of carbonyl (C=O) groups excluding carboxylic acids is 2. The Labute approximate surface area is 261 Å². The van der Waals surface area contributed by atoms with E-state index in [0.717, 1.165) is 57.8 Å². The number of benzene rings is 4. The van der Waals surface area contributed by atoms with E-state index in [2.05, 4.69) is 39.8 Å². The second-order valence-corrected chi connectivity index (χ2v) is 11.2. The van der Waals surface area contributed by atoms with Crippen molar-refractivity contribution in [3.63, 3.8) is 0 Å². The first-order valence-electron chi connectivity index (χ1n) is 15.1. The number of nitrogens with zero attached hydrogens (tertiary/aromatic N) is 4. The van der Waals surface area contributed by atoms with Crippen molar-refractivity contribution in [3.05, 3.63) is 96.1 Å². The molecule has 0 fully saturated rings. The number of carbonyl (C=O) groups is 2. The van der Waals surface area contributed by atoms with Crippen molar-refractivity contribution in [2.45, 2.75) is 40.5 Å². The molecule has 0 aromatic heterocycles. The van der Waals surface area contributed by atoms with Crippen LogP contribution in [0.5, 0.6) is 0 Å². The molecule has 0 aliphatic carbocycles. The highest BCUT2D eigenvalue weighted by molar-refractivity contribution is 6.04. The highest BCUT2D eigenvalue weighted by atomic mass is 16.2. The lowest BCUT2D eigenvalue weighted by atomic mass is 9.95. The molecule has 0 bridgehead atoms. The van der Waals surface area contributed by atoms with Crippen LogP contribution in [0.25, 0.3) is 11.1 Å². The van der Waals surface area contributed by atoms with E-state index in [4.69, 9.17) is 11.5 Å². The predicted molar refractivity (Wildman–Crippen MR) is 186 cm³/mol. The van der Waals surface area contributed by atoms with Crippen LogP contribution in [0, 0.1) is 13.8 Å². The van der Waals surface area contributed by atoms with Crippen LogP contribution in [0.3, 0.4) is 0 Å². The summed E-state index contributed by atoms with van der Waals surface area (Å²) in [5.74, 6) is 0. The summed E-state index contributed by atoms with van der Waals surface area (Å²) >= 11 is 0. The average Bonchev–Trinajstić information content (AvgIpc) is 3.02. The fourth-order valence-electron chi connectivity index (χ4n) is 5.33. The zero-order valence-corrected chi connectivity index (χ0v) is 26.7. The lowest BCUT2D eigenvalue weighted by Crippen LogP contribution is -2.42. The first-order valence-corrected chi connectivity index (χ1v) is 15.1. The van der Waals surface area contributed by atoms with Crippen LogP contribution in [0.4, 0.5) is 43.7 Å². The number of nitrogen functional groups attached to an aromatic ring is 2. The average molecular weight is 593 g/mol. The van der Waals surface area contributed by atoms with Gasteiger partial charge in [-0.2, -0.15) is 0 Å². The summed E-state index contributed by atoms with van der Waals surface area (Å²) < 4.78 is 0. The molecule has 44 heavy (non-hydrogen) atoms. The van der Waals surface area contributed by atoms with Gasteiger partial charge in [0.2, 0.25) is 0 Å². The second kappa shape index (κ2) is 14.0. The molecule has 4 amide bonds. The van der Waals surface area contributed by atoms with Gasteiger partial charge < -0.3 is 11.5 Å². The minimum absolute atomic E-state index is 0.104. The van der Waals surface area contributed by atoms with Crippen LogP contribution in [0.1, 0.15) is 37.8 Å². The smallest absolute Gasteiger partial charge is 0.328 e. The van der Waals surface area contributed by atoms with Crippen molar-refractivity contribution < 1.29 is 9.59 Å². The Balaban J connectivity index is 1.55. The number of rotatable bonds is 9. The molecule has 0 atom stereocenters. The third-order valence-electron chi connectivity index (χ3n) is 7.82. The highest BCUT2D eigenvalue weighted by Gasteiger charge is 2.23. The quantitative estimate of drug-likeness (QED) is 0.192. The van der Waals surface area contributed by atoms with Gasteiger partial charge >= 0.3 is 12.1 Å². The molecule has 0 radical (unpaired) electrons. The molecule has 4 N–H and O–H groups in total. The number of urea groups is 2. The summed E-state index contributed by atoms with van der Waals surface area (Å²) in [7, 11) is 3.60. The van der Waals surface area contributed by atoms with Gasteiger partial charge in [-0.1, -0.05) is 26.0 Å². The summed E-state index contributed by atoms with van der Waals surface area (Å²) in [5, 5.41) is 0. The summed E-state index contributed by atoms with van der Waals surface area (Å²) in [6.07, 6.45) is 1.66. The molecule has 4 aromatic rings. The molecule has 4 aromatic carbocycles. The van der Waals surface area contributed by atoms with Crippen molar-refractivity contribution >= 4 is 46.2 Å². The molecule has 0 saturated heterocycles. The van der Waals surface area contributed by atoms with E-state index in [1.165, 1.54) is 0 Å². The van der Waals surface area contributed by atoms with E-state index in [1.807, 2.05) is 72.8 Å². The Morgan fingerprint density at radius 2 is 0.864 bits per heavy atom. The number of anilines is 6. The van der Waals surface area contributed by atoms with Gasteiger partial charge in [0.05, 0.1) is 0 Å². The number of hydrogen-bond donors (Lipinski definition) is 2. The SMILES string of the molecule is CCCN(C(=O)N(C)c1ccc(-c2ccc(N(C)C(=O)N(CCC)c3ccc(N)cc3)cc2C)c(C)c1)c1ccc(N)cc1. The van der Waals surface area contributed by atoms with Gasteiger partial charge in [-0.05, 0) is 122 Å². The number of amides is 4. The normalized spacial score (nSPS) is 10.8. The molecule has 230 valence electrons. The van der Waals surface area contributed by atoms with E-state index in [1.54, 1.807) is 33.7 Å². The van der Waals surface area contributed by atoms with Crippen molar-refractivity contribution in [1.29, 1.82) is 0 Å². The fraction of sp³-hybridized carbons (Fsp3) is 0.278. The molecule has 0 aliphatic heterocycles. The molecular weight excluding hydrogens is 548 g/mol. The first-order chi connectivity index (χ1) is 21.0. The minimum Gasteiger partial charge on any atom is -0.399 e. The van der Waals surface area contributed by atoms with Gasteiger partial charge in [0, 0.05) is 61.3 Å². The van der Waals surface area contributed by atoms with Crippen molar-refractivity contribution in [1.82, 2.24) is 0 Å². The van der Waals surface area contributed by atoms with Crippen LogP contribution in [-0.2, 0) is 0 Å². The van der Waals surface area contributed by atoms with Gasteiger partial charge in [0.15, 0.2) is 0 Å². The lowest BCUT2D eigenvalue weighted by Gasteiger charge is -2.29. The molecule has 0 heterocycles. The molecule has 8 heteroatoms. The van der Waals surface area contributed by atoms with Gasteiger partial charge in [-0.15, -0.1) is 0 Å². The zero-order chi connectivity index (χ0) is 32.0. The topological polar surface area (TPSA) is 99.1 Å². The molecular formula is C36H44N6O2. The Kier molecular flexibility index (Phi) is 10.2. The maximum atomic E-state index is 13.6. The minimum atomic E-state index is -0.104. The Bertz CT molecular complexity index is 1480. The highest BCUT2D eigenvalue weighted by Crippen LogP contribution is 2.33. The largest absolute Gasteiger partial charge is 0.399 e. The van der Waals surface area contributed by atoms with Gasteiger partial charge in [-0.25, -0.2) is 9.59 Å². The summed E-state index contributed by atoms with van der Waals surface area (Å²) in [6.45, 7) is 9.42. The van der Waals surface area contributed by atoms with Crippen molar-refractivity contribution in [2.75, 3.05) is 58.3 Å². The van der Waals surface area contributed by atoms with Gasteiger partial charge in [0.25, 0.3) is 0 Å². The molecule has 0 spiro atoms. The van der Waals surface area contributed by atoms with E-state index in [0.29, 0.717) is 24.5 Å². The Morgan fingerprint density at radius 1 is 0.545 bits per heavy atom. The second-order valence-electron chi connectivity index (χ2n) is 11.2. The van der Waals surface area contributed by atoms with Gasteiger partial charge in [-0.3, -0.25) is 19.6 Å². The molecule has 4 rings (SSSR count). The van der Waals surface area contributed by atoms with Crippen LogP contribution in [0.2, 0.25) is 0 Å². The third-order valence-corrected chi connectivity index (χ3v) is 7.82. The van der Waals surface area contributed by atoms with Crippen LogP contribution in [0.15, 0.2) is 84.9 Å². The van der Waals surface area contributed by atoms with Crippen LogP contribution < -0.4 is 31.1 Å². The van der Waals surface area contributed by atoms with Crippen LogP contribution >= 0.6 is 0 Å². The lowest BCUT2D eigenvalue weighted by molar-refractivity contribution is 0.251.